The highest BCUT2D eigenvalue weighted by Crippen LogP contribution is 2.40. The van der Waals surface area contributed by atoms with Gasteiger partial charge in [-0.05, 0) is 80.6 Å². The van der Waals surface area contributed by atoms with Crippen LogP contribution < -0.4 is 4.74 Å². The van der Waals surface area contributed by atoms with Gasteiger partial charge in [-0.3, -0.25) is 9.88 Å². The molecule has 2 N–H and O–H groups in total. The molecule has 0 spiro atoms. The van der Waals surface area contributed by atoms with Crippen LogP contribution >= 0.6 is 23.2 Å². The summed E-state index contributed by atoms with van der Waals surface area (Å²) in [5.41, 5.74) is 1.66. The molecule has 0 saturated carbocycles. The second-order valence-electron chi connectivity index (χ2n) is 9.35. The molecule has 0 unspecified atom stereocenters. The average molecular weight is 531 g/mol. The molecule has 5 nitrogen and oxygen atoms in total. The lowest BCUT2D eigenvalue weighted by Crippen LogP contribution is -2.42. The van der Waals surface area contributed by atoms with Crippen molar-refractivity contribution in [3.05, 3.63) is 69.6 Å². The van der Waals surface area contributed by atoms with E-state index in [0.717, 1.165) is 36.8 Å². The lowest BCUT2D eigenvalue weighted by Gasteiger charge is -2.40. The standard InChI is InChI=1S/C28H29Cl2FN2O3/c1-36-22-4-5-25-23(16-22)27(24(30)17-32-25)26(35)6-7-28(18-34)8-11-33(12-9-28)10-2-3-19-13-20(29)15-21(31)14-19/h4-5,13-17,26,34-35H,6-12,18H2,1H3/t26-/m1/s1. The molecule has 36 heavy (non-hydrogen) atoms. The van der Waals surface area contributed by atoms with Crippen LogP contribution in [-0.2, 0) is 0 Å². The lowest BCUT2D eigenvalue weighted by atomic mass is 9.74. The first-order chi connectivity index (χ1) is 17.3. The summed E-state index contributed by atoms with van der Waals surface area (Å²) in [7, 11) is 1.59. The Morgan fingerprint density at radius 2 is 1.97 bits per heavy atom. The van der Waals surface area contributed by atoms with Crippen LogP contribution in [0.25, 0.3) is 10.9 Å². The predicted molar refractivity (Wildman–Crippen MR) is 141 cm³/mol. The van der Waals surface area contributed by atoms with Gasteiger partial charge in [0, 0.05) is 34.3 Å². The number of hydrogen-bond acceptors (Lipinski definition) is 5. The van der Waals surface area contributed by atoms with E-state index in [2.05, 4.69) is 21.7 Å². The number of methoxy groups -OCH3 is 1. The van der Waals surface area contributed by atoms with Crippen molar-refractivity contribution in [1.29, 1.82) is 0 Å². The maximum absolute atomic E-state index is 13.5. The number of halogens is 3. The maximum atomic E-state index is 13.5. The molecule has 2 aromatic carbocycles. The quantitative estimate of drug-likeness (QED) is 0.387. The van der Waals surface area contributed by atoms with Crippen LogP contribution in [0.15, 0.2) is 42.6 Å². The topological polar surface area (TPSA) is 65.8 Å². The number of benzene rings is 2. The largest absolute Gasteiger partial charge is 0.497 e. The summed E-state index contributed by atoms with van der Waals surface area (Å²) in [6.07, 6.45) is 3.49. The Morgan fingerprint density at radius 3 is 2.67 bits per heavy atom. The molecule has 2 heterocycles. The Bertz CT molecular complexity index is 1260. The van der Waals surface area contributed by atoms with Crippen molar-refractivity contribution < 1.29 is 19.3 Å². The first-order valence-electron chi connectivity index (χ1n) is 11.9. The fourth-order valence-electron chi connectivity index (χ4n) is 4.77. The van der Waals surface area contributed by atoms with Crippen molar-refractivity contribution in [1.82, 2.24) is 9.88 Å². The Kier molecular flexibility index (Phi) is 8.71. The number of ether oxygens (including phenoxy) is 1. The van der Waals surface area contributed by atoms with Crippen molar-refractivity contribution in [2.24, 2.45) is 5.41 Å². The molecular formula is C28H29Cl2FN2O3. The molecule has 190 valence electrons. The highest BCUT2D eigenvalue weighted by Gasteiger charge is 2.34. The molecule has 0 bridgehead atoms. The number of nitrogens with zero attached hydrogens (tertiary/aromatic N) is 2. The van der Waals surface area contributed by atoms with Gasteiger partial charge in [0.05, 0.1) is 30.3 Å². The highest BCUT2D eigenvalue weighted by atomic mass is 35.5. The molecule has 0 aliphatic carbocycles. The minimum Gasteiger partial charge on any atom is -0.497 e. The van der Waals surface area contributed by atoms with Gasteiger partial charge in [0.25, 0.3) is 0 Å². The normalized spacial score (nSPS) is 16.4. The molecule has 1 fully saturated rings. The van der Waals surface area contributed by atoms with Crippen LogP contribution in [-0.4, -0.2) is 53.4 Å². The van der Waals surface area contributed by atoms with Gasteiger partial charge >= 0.3 is 0 Å². The highest BCUT2D eigenvalue weighted by molar-refractivity contribution is 6.32. The molecule has 1 saturated heterocycles. The Labute approximate surface area is 220 Å². The summed E-state index contributed by atoms with van der Waals surface area (Å²) >= 11 is 12.3. The van der Waals surface area contributed by atoms with E-state index < -0.39 is 11.9 Å². The smallest absolute Gasteiger partial charge is 0.125 e. The van der Waals surface area contributed by atoms with Crippen molar-refractivity contribution in [2.45, 2.75) is 31.8 Å². The third kappa shape index (κ3) is 6.29. The van der Waals surface area contributed by atoms with E-state index in [9.17, 15) is 14.6 Å². The van der Waals surface area contributed by atoms with Gasteiger partial charge in [-0.1, -0.05) is 35.0 Å². The van der Waals surface area contributed by atoms with Crippen LogP contribution in [0.3, 0.4) is 0 Å². The second-order valence-corrected chi connectivity index (χ2v) is 10.2. The van der Waals surface area contributed by atoms with Gasteiger partial charge < -0.3 is 14.9 Å². The van der Waals surface area contributed by atoms with Gasteiger partial charge in [-0.25, -0.2) is 4.39 Å². The van der Waals surface area contributed by atoms with Crippen molar-refractivity contribution in [3.63, 3.8) is 0 Å². The number of fused-ring (bicyclic) bond motifs is 1. The third-order valence-electron chi connectivity index (χ3n) is 7.00. The minimum absolute atomic E-state index is 0.0552. The van der Waals surface area contributed by atoms with Crippen LogP contribution in [0.5, 0.6) is 5.75 Å². The van der Waals surface area contributed by atoms with Crippen molar-refractivity contribution >= 4 is 34.1 Å². The molecule has 4 rings (SSSR count). The zero-order chi connectivity index (χ0) is 25.7. The monoisotopic (exact) mass is 530 g/mol. The Hall–Kier alpha value is -2.40. The van der Waals surface area contributed by atoms with E-state index in [1.54, 1.807) is 19.4 Å². The van der Waals surface area contributed by atoms with Gasteiger partial charge in [-0.2, -0.15) is 0 Å². The van der Waals surface area contributed by atoms with Crippen LogP contribution in [0.2, 0.25) is 10.0 Å². The third-order valence-corrected chi connectivity index (χ3v) is 7.52. The predicted octanol–water partition coefficient (Wildman–Crippen LogP) is 5.63. The number of piperidine rings is 1. The van der Waals surface area contributed by atoms with Gasteiger partial charge in [0.2, 0.25) is 0 Å². The van der Waals surface area contributed by atoms with E-state index in [4.69, 9.17) is 27.9 Å². The second kappa shape index (κ2) is 11.8. The number of likely N-dealkylation sites (tertiary alicyclic amines) is 1. The van der Waals surface area contributed by atoms with Crippen LogP contribution in [0.1, 0.15) is 42.9 Å². The number of pyridine rings is 1. The van der Waals surface area contributed by atoms with Gasteiger partial charge in [0.1, 0.15) is 11.6 Å². The summed E-state index contributed by atoms with van der Waals surface area (Å²) in [5.74, 6) is 6.33. The van der Waals surface area contributed by atoms with E-state index in [1.165, 1.54) is 12.1 Å². The van der Waals surface area contributed by atoms with E-state index in [-0.39, 0.29) is 12.0 Å². The molecule has 1 aliphatic heterocycles. The fraction of sp³-hybridized carbons (Fsp3) is 0.393. The zero-order valence-corrected chi connectivity index (χ0v) is 21.6. The number of hydrogen-bond donors (Lipinski definition) is 2. The summed E-state index contributed by atoms with van der Waals surface area (Å²) in [6, 6.07) is 9.77. The zero-order valence-electron chi connectivity index (χ0n) is 20.1. The molecule has 0 radical (unpaired) electrons. The average Bonchev–Trinajstić information content (AvgIpc) is 2.87. The van der Waals surface area contributed by atoms with Gasteiger partial charge in [0.15, 0.2) is 0 Å². The SMILES string of the molecule is COc1ccc2ncc(Cl)c([C@H](O)CCC3(CO)CCN(CC#Cc4cc(F)cc(Cl)c4)CC3)c2c1. The molecule has 1 atom stereocenters. The molecule has 8 heteroatoms. The molecule has 3 aromatic rings. The number of aliphatic hydroxyl groups excluding tert-OH is 2. The maximum Gasteiger partial charge on any atom is 0.125 e. The molecule has 1 aliphatic rings. The van der Waals surface area contributed by atoms with Crippen molar-refractivity contribution in [3.8, 4) is 17.6 Å². The van der Waals surface area contributed by atoms with Crippen molar-refractivity contribution in [2.75, 3.05) is 33.4 Å². The number of aromatic nitrogens is 1. The number of rotatable bonds is 7. The van der Waals surface area contributed by atoms with Crippen LogP contribution in [0, 0.1) is 23.1 Å². The van der Waals surface area contributed by atoms with Gasteiger partial charge in [-0.15, -0.1) is 0 Å². The lowest BCUT2D eigenvalue weighted by molar-refractivity contribution is 0.0273. The summed E-state index contributed by atoms with van der Waals surface area (Å²) in [5, 5.41) is 22.9. The fourth-order valence-corrected chi connectivity index (χ4v) is 5.27. The Morgan fingerprint density at radius 1 is 1.19 bits per heavy atom. The minimum atomic E-state index is -0.791. The molecule has 1 aromatic heterocycles. The number of aliphatic hydroxyl groups is 2. The van der Waals surface area contributed by atoms with E-state index in [0.29, 0.717) is 46.3 Å². The van der Waals surface area contributed by atoms with E-state index in [1.807, 2.05) is 18.2 Å². The summed E-state index contributed by atoms with van der Waals surface area (Å²) in [4.78, 5) is 6.58. The summed E-state index contributed by atoms with van der Waals surface area (Å²) in [6.45, 7) is 2.18. The first kappa shape index (κ1) is 26.7. The molecular weight excluding hydrogens is 502 g/mol. The van der Waals surface area contributed by atoms with E-state index >= 15 is 0 Å². The van der Waals surface area contributed by atoms with Crippen LogP contribution in [0.4, 0.5) is 4.39 Å². The molecule has 0 amide bonds. The summed E-state index contributed by atoms with van der Waals surface area (Å²) < 4.78 is 18.8. The first-order valence-corrected chi connectivity index (χ1v) is 12.7. The Balaban J connectivity index is 1.38.